The lowest BCUT2D eigenvalue weighted by Gasteiger charge is -2.35. The highest BCUT2D eigenvalue weighted by molar-refractivity contribution is 5.86. The second kappa shape index (κ2) is 6.56. The van der Waals surface area contributed by atoms with Crippen LogP contribution in [0.15, 0.2) is 43.0 Å². The zero-order valence-corrected chi connectivity index (χ0v) is 12.8. The largest absolute Gasteiger partial charge is 0.467 e. The molecule has 0 N–H and O–H groups in total. The van der Waals surface area contributed by atoms with Crippen LogP contribution in [0.4, 0.5) is 0 Å². The first kappa shape index (κ1) is 15.1. The molecule has 0 spiro atoms. The van der Waals surface area contributed by atoms with E-state index in [1.807, 2.05) is 24.3 Å². The van der Waals surface area contributed by atoms with Crippen LogP contribution in [0.3, 0.4) is 0 Å². The average Bonchev–Trinajstić information content (AvgIpc) is 2.60. The molecule has 1 amide bonds. The molecule has 2 heterocycles. The van der Waals surface area contributed by atoms with Crippen LogP contribution in [0.25, 0.3) is 0 Å². The number of fused-ring (bicyclic) bond motifs is 1. The van der Waals surface area contributed by atoms with Crippen molar-refractivity contribution in [1.82, 2.24) is 14.9 Å². The molecule has 6 heteroatoms. The Balaban J connectivity index is 1.85. The molecule has 0 fully saturated rings. The number of aromatic nitrogens is 2. The molecule has 6 nitrogen and oxygen atoms in total. The first-order valence-corrected chi connectivity index (χ1v) is 7.37. The van der Waals surface area contributed by atoms with Crippen LogP contribution >= 0.6 is 0 Å². The van der Waals surface area contributed by atoms with E-state index >= 15 is 0 Å². The molecule has 1 aliphatic rings. The quantitative estimate of drug-likeness (QED) is 0.795. The van der Waals surface area contributed by atoms with Gasteiger partial charge in [-0.2, -0.15) is 0 Å². The van der Waals surface area contributed by atoms with Crippen LogP contribution in [0.5, 0.6) is 0 Å². The fraction of sp³-hybridized carbons (Fsp3) is 0.294. The van der Waals surface area contributed by atoms with E-state index in [9.17, 15) is 9.59 Å². The maximum absolute atomic E-state index is 12.7. The summed E-state index contributed by atoms with van der Waals surface area (Å²) in [6.45, 7) is 0.405. The number of esters is 1. The molecule has 118 valence electrons. The maximum Gasteiger partial charge on any atom is 0.328 e. The first-order valence-electron chi connectivity index (χ1n) is 7.37. The van der Waals surface area contributed by atoms with E-state index in [4.69, 9.17) is 4.74 Å². The summed E-state index contributed by atoms with van der Waals surface area (Å²) in [5.41, 5.74) is 2.86. The molecular weight excluding hydrogens is 294 g/mol. The second-order valence-corrected chi connectivity index (χ2v) is 5.46. The van der Waals surface area contributed by atoms with Gasteiger partial charge in [0, 0.05) is 25.4 Å². The Hall–Kier alpha value is -2.76. The SMILES string of the molecule is COC(=O)C1Cc2ccccc2CN1C(=O)Cc1cncnc1. The van der Waals surface area contributed by atoms with Crippen molar-refractivity contribution < 1.29 is 14.3 Å². The number of carbonyl (C=O) groups excluding carboxylic acids is 2. The van der Waals surface area contributed by atoms with Crippen molar-refractivity contribution in [1.29, 1.82) is 0 Å². The fourth-order valence-electron chi connectivity index (χ4n) is 2.83. The summed E-state index contributed by atoms with van der Waals surface area (Å²) >= 11 is 0. The second-order valence-electron chi connectivity index (χ2n) is 5.46. The van der Waals surface area contributed by atoms with Gasteiger partial charge < -0.3 is 9.64 Å². The van der Waals surface area contributed by atoms with E-state index in [2.05, 4.69) is 9.97 Å². The fourth-order valence-corrected chi connectivity index (χ4v) is 2.83. The van der Waals surface area contributed by atoms with Crippen LogP contribution in [-0.4, -0.2) is 39.9 Å². The maximum atomic E-state index is 12.7. The minimum Gasteiger partial charge on any atom is -0.467 e. The monoisotopic (exact) mass is 311 g/mol. The summed E-state index contributed by atoms with van der Waals surface area (Å²) in [5, 5.41) is 0. The van der Waals surface area contributed by atoms with Crippen molar-refractivity contribution in [3.8, 4) is 0 Å². The van der Waals surface area contributed by atoms with Crippen LogP contribution in [0.2, 0.25) is 0 Å². The van der Waals surface area contributed by atoms with E-state index in [1.165, 1.54) is 13.4 Å². The highest BCUT2D eigenvalue weighted by Crippen LogP contribution is 2.24. The minimum absolute atomic E-state index is 0.135. The molecule has 0 saturated heterocycles. The van der Waals surface area contributed by atoms with Gasteiger partial charge in [0.25, 0.3) is 0 Å². The van der Waals surface area contributed by atoms with Crippen LogP contribution in [0.1, 0.15) is 16.7 Å². The predicted octanol–water partition coefficient (Wildman–Crippen LogP) is 1.15. The number of methoxy groups -OCH3 is 1. The molecule has 1 aliphatic heterocycles. The van der Waals surface area contributed by atoms with Crippen molar-refractivity contribution in [2.24, 2.45) is 0 Å². The highest BCUT2D eigenvalue weighted by Gasteiger charge is 2.35. The first-order chi connectivity index (χ1) is 11.2. The van der Waals surface area contributed by atoms with Gasteiger partial charge >= 0.3 is 5.97 Å². The van der Waals surface area contributed by atoms with Crippen molar-refractivity contribution >= 4 is 11.9 Å². The lowest BCUT2D eigenvalue weighted by molar-refractivity contribution is -0.153. The number of carbonyl (C=O) groups is 2. The molecular formula is C17H17N3O3. The Bertz CT molecular complexity index is 718. The molecule has 1 aromatic carbocycles. The smallest absolute Gasteiger partial charge is 0.328 e. The molecule has 0 radical (unpaired) electrons. The van der Waals surface area contributed by atoms with Gasteiger partial charge in [0.15, 0.2) is 0 Å². The van der Waals surface area contributed by atoms with Crippen molar-refractivity contribution in [2.45, 2.75) is 25.4 Å². The number of hydrogen-bond donors (Lipinski definition) is 0. The zero-order valence-electron chi connectivity index (χ0n) is 12.8. The number of hydrogen-bond acceptors (Lipinski definition) is 5. The van der Waals surface area contributed by atoms with Crippen LogP contribution < -0.4 is 0 Å². The molecule has 1 atom stereocenters. The molecule has 1 unspecified atom stereocenters. The van der Waals surface area contributed by atoms with E-state index in [-0.39, 0.29) is 12.3 Å². The molecule has 2 aromatic rings. The summed E-state index contributed by atoms with van der Waals surface area (Å²) in [5.74, 6) is -0.526. The Morgan fingerprint density at radius 1 is 1.22 bits per heavy atom. The van der Waals surface area contributed by atoms with Gasteiger partial charge in [0.05, 0.1) is 13.5 Å². The van der Waals surface area contributed by atoms with E-state index in [0.717, 1.165) is 16.7 Å². The third kappa shape index (κ3) is 3.21. The number of nitrogens with zero attached hydrogens (tertiary/aromatic N) is 3. The topological polar surface area (TPSA) is 72.4 Å². The van der Waals surface area contributed by atoms with E-state index in [1.54, 1.807) is 17.3 Å². The van der Waals surface area contributed by atoms with Gasteiger partial charge in [-0.25, -0.2) is 14.8 Å². The predicted molar refractivity (Wildman–Crippen MR) is 82.2 cm³/mol. The Kier molecular flexibility index (Phi) is 4.32. The van der Waals surface area contributed by atoms with E-state index in [0.29, 0.717) is 13.0 Å². The normalized spacial score (nSPS) is 16.6. The number of rotatable bonds is 3. The molecule has 1 aromatic heterocycles. The molecule has 3 rings (SSSR count). The summed E-state index contributed by atoms with van der Waals surface area (Å²) in [6.07, 6.45) is 5.27. The minimum atomic E-state index is -0.591. The Morgan fingerprint density at radius 2 is 1.91 bits per heavy atom. The highest BCUT2D eigenvalue weighted by atomic mass is 16.5. The number of benzene rings is 1. The van der Waals surface area contributed by atoms with Crippen LogP contribution in [-0.2, 0) is 33.7 Å². The zero-order chi connectivity index (χ0) is 16.2. The van der Waals surface area contributed by atoms with Gasteiger partial charge in [-0.15, -0.1) is 0 Å². The van der Waals surface area contributed by atoms with Crippen molar-refractivity contribution in [2.75, 3.05) is 7.11 Å². The van der Waals surface area contributed by atoms with E-state index < -0.39 is 12.0 Å². The third-order valence-corrected chi connectivity index (χ3v) is 4.01. The van der Waals surface area contributed by atoms with Crippen LogP contribution in [0, 0.1) is 0 Å². The molecule has 0 bridgehead atoms. The van der Waals surface area contributed by atoms with Crippen molar-refractivity contribution in [3.05, 3.63) is 59.7 Å². The number of ether oxygens (including phenoxy) is 1. The summed E-state index contributed by atoms with van der Waals surface area (Å²) < 4.78 is 4.88. The summed E-state index contributed by atoms with van der Waals surface area (Å²) in [7, 11) is 1.34. The lowest BCUT2D eigenvalue weighted by atomic mass is 9.93. The van der Waals surface area contributed by atoms with Gasteiger partial charge in [-0.05, 0) is 16.7 Å². The molecule has 0 saturated carbocycles. The van der Waals surface area contributed by atoms with Gasteiger partial charge in [0.2, 0.25) is 5.91 Å². The van der Waals surface area contributed by atoms with Gasteiger partial charge in [-0.3, -0.25) is 4.79 Å². The lowest BCUT2D eigenvalue weighted by Crippen LogP contribution is -2.49. The Morgan fingerprint density at radius 3 is 2.61 bits per heavy atom. The van der Waals surface area contributed by atoms with Gasteiger partial charge in [0.1, 0.15) is 12.4 Å². The number of amides is 1. The Labute approximate surface area is 134 Å². The molecule has 0 aliphatic carbocycles. The van der Waals surface area contributed by atoms with Crippen molar-refractivity contribution in [3.63, 3.8) is 0 Å². The van der Waals surface area contributed by atoms with Gasteiger partial charge in [-0.1, -0.05) is 24.3 Å². The summed E-state index contributed by atoms with van der Waals surface area (Å²) in [4.78, 5) is 34.2. The average molecular weight is 311 g/mol. The summed E-state index contributed by atoms with van der Waals surface area (Å²) in [6, 6.07) is 7.25. The standard InChI is InChI=1S/C17H17N3O3/c1-23-17(22)15-7-13-4-2-3-5-14(13)10-20(15)16(21)6-12-8-18-11-19-9-12/h2-5,8-9,11,15H,6-7,10H2,1H3. The molecule has 23 heavy (non-hydrogen) atoms. The third-order valence-electron chi connectivity index (χ3n) is 4.01.